The SMILES string of the molecule is COc1ccc(Cl)cc1[C@@](C)(O)C1CC1. The van der Waals surface area contributed by atoms with E-state index >= 15 is 0 Å². The summed E-state index contributed by atoms with van der Waals surface area (Å²) in [4.78, 5) is 0. The van der Waals surface area contributed by atoms with Gasteiger partial charge >= 0.3 is 0 Å². The fraction of sp³-hybridized carbons (Fsp3) is 0.500. The zero-order valence-corrected chi connectivity index (χ0v) is 9.71. The van der Waals surface area contributed by atoms with Crippen molar-refractivity contribution < 1.29 is 9.84 Å². The number of methoxy groups -OCH3 is 1. The van der Waals surface area contributed by atoms with Crippen LogP contribution in [-0.4, -0.2) is 12.2 Å². The van der Waals surface area contributed by atoms with Crippen LogP contribution < -0.4 is 4.74 Å². The topological polar surface area (TPSA) is 29.5 Å². The second-order valence-corrected chi connectivity index (χ2v) is 4.70. The molecule has 1 saturated carbocycles. The summed E-state index contributed by atoms with van der Waals surface area (Å²) < 4.78 is 5.25. The van der Waals surface area contributed by atoms with Crippen molar-refractivity contribution in [1.29, 1.82) is 0 Å². The van der Waals surface area contributed by atoms with Crippen LogP contribution in [0.3, 0.4) is 0 Å². The van der Waals surface area contributed by atoms with Crippen molar-refractivity contribution in [2.24, 2.45) is 5.92 Å². The fourth-order valence-electron chi connectivity index (χ4n) is 1.94. The molecule has 0 aromatic heterocycles. The summed E-state index contributed by atoms with van der Waals surface area (Å²) in [6.45, 7) is 1.83. The largest absolute Gasteiger partial charge is 0.496 e. The first-order chi connectivity index (χ1) is 7.05. The van der Waals surface area contributed by atoms with Gasteiger partial charge in [-0.15, -0.1) is 0 Å². The van der Waals surface area contributed by atoms with Crippen LogP contribution in [0.15, 0.2) is 18.2 Å². The molecular weight excluding hydrogens is 212 g/mol. The normalized spacial score (nSPS) is 19.7. The first-order valence-corrected chi connectivity index (χ1v) is 5.50. The molecule has 1 aromatic carbocycles. The van der Waals surface area contributed by atoms with Crippen molar-refractivity contribution in [3.8, 4) is 5.75 Å². The van der Waals surface area contributed by atoms with Gasteiger partial charge in [0.1, 0.15) is 5.75 Å². The van der Waals surface area contributed by atoms with Crippen LogP contribution in [-0.2, 0) is 5.60 Å². The van der Waals surface area contributed by atoms with Crippen molar-refractivity contribution >= 4 is 11.6 Å². The minimum absolute atomic E-state index is 0.338. The number of halogens is 1. The summed E-state index contributed by atoms with van der Waals surface area (Å²) in [5.74, 6) is 1.04. The van der Waals surface area contributed by atoms with Gasteiger partial charge in [0.25, 0.3) is 0 Å². The molecular formula is C12H15ClO2. The van der Waals surface area contributed by atoms with Crippen molar-refractivity contribution in [2.45, 2.75) is 25.4 Å². The van der Waals surface area contributed by atoms with Crippen molar-refractivity contribution in [1.82, 2.24) is 0 Å². The van der Waals surface area contributed by atoms with E-state index < -0.39 is 5.60 Å². The third-order valence-electron chi connectivity index (χ3n) is 3.08. The van der Waals surface area contributed by atoms with Gasteiger partial charge in [0, 0.05) is 10.6 Å². The zero-order chi connectivity index (χ0) is 11.1. The summed E-state index contributed by atoms with van der Waals surface area (Å²) in [6.07, 6.45) is 2.14. The van der Waals surface area contributed by atoms with Gasteiger partial charge < -0.3 is 9.84 Å². The van der Waals surface area contributed by atoms with Crippen LogP contribution >= 0.6 is 11.6 Å². The summed E-state index contributed by atoms with van der Waals surface area (Å²) in [7, 11) is 1.61. The lowest BCUT2D eigenvalue weighted by molar-refractivity contribution is 0.0307. The molecule has 1 fully saturated rings. The number of hydrogen-bond donors (Lipinski definition) is 1. The number of aliphatic hydroxyl groups is 1. The minimum atomic E-state index is -0.823. The van der Waals surface area contributed by atoms with Gasteiger partial charge in [-0.2, -0.15) is 0 Å². The van der Waals surface area contributed by atoms with Crippen LogP contribution in [0.2, 0.25) is 5.02 Å². The average molecular weight is 227 g/mol. The van der Waals surface area contributed by atoms with E-state index in [1.54, 1.807) is 25.3 Å². The Morgan fingerprint density at radius 3 is 2.67 bits per heavy atom. The minimum Gasteiger partial charge on any atom is -0.496 e. The third-order valence-corrected chi connectivity index (χ3v) is 3.31. The van der Waals surface area contributed by atoms with Crippen LogP contribution in [0, 0.1) is 5.92 Å². The lowest BCUT2D eigenvalue weighted by Crippen LogP contribution is -2.24. The van der Waals surface area contributed by atoms with Gasteiger partial charge in [0.15, 0.2) is 0 Å². The van der Waals surface area contributed by atoms with Gasteiger partial charge in [0.2, 0.25) is 0 Å². The number of ether oxygens (including phenoxy) is 1. The lowest BCUT2D eigenvalue weighted by atomic mass is 9.90. The standard InChI is InChI=1S/C12H15ClO2/c1-12(14,8-3-4-8)10-7-9(13)5-6-11(10)15-2/h5-8,14H,3-4H2,1-2H3/t12-/m0/s1. The van der Waals surface area contributed by atoms with Crippen LogP contribution in [0.5, 0.6) is 5.75 Å². The van der Waals surface area contributed by atoms with Gasteiger partial charge in [-0.05, 0) is 43.9 Å². The van der Waals surface area contributed by atoms with E-state index in [0.717, 1.165) is 18.4 Å². The highest BCUT2D eigenvalue weighted by Crippen LogP contribution is 2.48. The van der Waals surface area contributed by atoms with E-state index in [1.165, 1.54) is 0 Å². The van der Waals surface area contributed by atoms with Gasteiger partial charge in [-0.1, -0.05) is 11.6 Å². The molecule has 82 valence electrons. The first-order valence-electron chi connectivity index (χ1n) is 5.12. The summed E-state index contributed by atoms with van der Waals surface area (Å²) >= 11 is 5.94. The predicted octanol–water partition coefficient (Wildman–Crippen LogP) is 2.97. The summed E-state index contributed by atoms with van der Waals surface area (Å²) in [5.41, 5.74) is -0.0315. The van der Waals surface area contributed by atoms with Crippen LogP contribution in [0.1, 0.15) is 25.3 Å². The van der Waals surface area contributed by atoms with E-state index in [-0.39, 0.29) is 0 Å². The highest BCUT2D eigenvalue weighted by Gasteiger charge is 2.42. The monoisotopic (exact) mass is 226 g/mol. The Labute approximate surface area is 94.8 Å². The lowest BCUT2D eigenvalue weighted by Gasteiger charge is -2.25. The molecule has 0 spiro atoms. The molecule has 0 aliphatic heterocycles. The molecule has 0 radical (unpaired) electrons. The van der Waals surface area contributed by atoms with E-state index in [9.17, 15) is 5.11 Å². The Kier molecular flexibility index (Phi) is 2.65. The van der Waals surface area contributed by atoms with E-state index in [4.69, 9.17) is 16.3 Å². The molecule has 15 heavy (non-hydrogen) atoms. The van der Waals surface area contributed by atoms with Crippen molar-refractivity contribution in [2.75, 3.05) is 7.11 Å². The Morgan fingerprint density at radius 2 is 2.13 bits per heavy atom. The third kappa shape index (κ3) is 1.97. The maximum Gasteiger partial charge on any atom is 0.125 e. The molecule has 0 saturated heterocycles. The van der Waals surface area contributed by atoms with Gasteiger partial charge in [-0.25, -0.2) is 0 Å². The molecule has 0 unspecified atom stereocenters. The van der Waals surface area contributed by atoms with Crippen molar-refractivity contribution in [3.05, 3.63) is 28.8 Å². The highest BCUT2D eigenvalue weighted by atomic mass is 35.5. The molecule has 2 rings (SSSR count). The molecule has 1 aromatic rings. The van der Waals surface area contributed by atoms with Crippen molar-refractivity contribution in [3.63, 3.8) is 0 Å². The fourth-order valence-corrected chi connectivity index (χ4v) is 2.11. The Bertz CT molecular complexity index is 370. The molecule has 1 aliphatic rings. The Morgan fingerprint density at radius 1 is 1.47 bits per heavy atom. The summed E-state index contributed by atoms with van der Waals surface area (Å²) in [6, 6.07) is 5.36. The number of rotatable bonds is 3. The number of hydrogen-bond acceptors (Lipinski definition) is 2. The quantitative estimate of drug-likeness (QED) is 0.859. The zero-order valence-electron chi connectivity index (χ0n) is 8.96. The predicted molar refractivity (Wildman–Crippen MR) is 60.3 cm³/mol. The molecule has 2 nitrogen and oxygen atoms in total. The smallest absolute Gasteiger partial charge is 0.125 e. The highest BCUT2D eigenvalue weighted by molar-refractivity contribution is 6.30. The molecule has 1 atom stereocenters. The average Bonchev–Trinajstić information content (AvgIpc) is 3.01. The number of benzene rings is 1. The molecule has 1 N–H and O–H groups in total. The van der Waals surface area contributed by atoms with E-state index in [2.05, 4.69) is 0 Å². The Balaban J connectivity index is 2.44. The maximum absolute atomic E-state index is 10.4. The van der Waals surface area contributed by atoms with Gasteiger partial charge in [-0.3, -0.25) is 0 Å². The van der Waals surface area contributed by atoms with E-state index in [1.807, 2.05) is 6.92 Å². The van der Waals surface area contributed by atoms with Gasteiger partial charge in [0.05, 0.1) is 12.7 Å². The Hall–Kier alpha value is -0.730. The van der Waals surface area contributed by atoms with Crippen LogP contribution in [0.4, 0.5) is 0 Å². The maximum atomic E-state index is 10.4. The molecule has 0 heterocycles. The van der Waals surface area contributed by atoms with Crippen LogP contribution in [0.25, 0.3) is 0 Å². The summed E-state index contributed by atoms with van der Waals surface area (Å²) in [5, 5.41) is 11.1. The molecule has 0 bridgehead atoms. The second-order valence-electron chi connectivity index (χ2n) is 4.27. The second kappa shape index (κ2) is 3.69. The molecule has 0 amide bonds. The molecule has 1 aliphatic carbocycles. The molecule has 3 heteroatoms. The van der Waals surface area contributed by atoms with E-state index in [0.29, 0.717) is 16.7 Å². The first kappa shape index (κ1) is 10.8.